The van der Waals surface area contributed by atoms with Crippen molar-refractivity contribution < 1.29 is 14.6 Å². The number of ether oxygens (including phenoxy) is 1. The summed E-state index contributed by atoms with van der Waals surface area (Å²) < 4.78 is 5.43. The van der Waals surface area contributed by atoms with Gasteiger partial charge in [-0.2, -0.15) is 0 Å². The highest BCUT2D eigenvalue weighted by Gasteiger charge is 2.39. The van der Waals surface area contributed by atoms with Gasteiger partial charge in [-0.15, -0.1) is 0 Å². The van der Waals surface area contributed by atoms with E-state index in [1.807, 2.05) is 38.1 Å². The Kier molecular flexibility index (Phi) is 5.99. The molecule has 0 spiro atoms. The Morgan fingerprint density at radius 1 is 1.37 bits per heavy atom. The Hall–Kier alpha value is -1.39. The molecule has 0 aliphatic carbocycles. The van der Waals surface area contributed by atoms with Gasteiger partial charge < -0.3 is 15.6 Å². The summed E-state index contributed by atoms with van der Waals surface area (Å²) in [7, 11) is 0. The number of benzene rings is 1. The molecule has 0 heterocycles. The number of rotatable bonds is 8. The number of aryl methyl sites for hydroxylation is 1. The quantitative estimate of drug-likeness (QED) is 0.706. The average molecular weight is 265 g/mol. The minimum Gasteiger partial charge on any atom is -0.481 e. The summed E-state index contributed by atoms with van der Waals surface area (Å²) >= 11 is 0. The van der Waals surface area contributed by atoms with E-state index < -0.39 is 11.4 Å². The third-order valence-electron chi connectivity index (χ3n) is 3.44. The van der Waals surface area contributed by atoms with E-state index in [4.69, 9.17) is 10.5 Å². The Bertz CT molecular complexity index is 420. The SMILES string of the molecule is CCCOCCC(CN)(C(=O)O)c1ccccc1C. The van der Waals surface area contributed by atoms with Gasteiger partial charge in [0.05, 0.1) is 0 Å². The van der Waals surface area contributed by atoms with Gasteiger partial charge in [0.25, 0.3) is 0 Å². The molecule has 0 radical (unpaired) electrons. The lowest BCUT2D eigenvalue weighted by Gasteiger charge is -2.30. The summed E-state index contributed by atoms with van der Waals surface area (Å²) in [4.78, 5) is 11.7. The van der Waals surface area contributed by atoms with Crippen molar-refractivity contribution in [2.75, 3.05) is 19.8 Å². The van der Waals surface area contributed by atoms with Gasteiger partial charge in [0.2, 0.25) is 0 Å². The first kappa shape index (κ1) is 15.7. The van der Waals surface area contributed by atoms with Crippen molar-refractivity contribution in [3.05, 3.63) is 35.4 Å². The fourth-order valence-corrected chi connectivity index (χ4v) is 2.26. The van der Waals surface area contributed by atoms with Crippen LogP contribution >= 0.6 is 0 Å². The van der Waals surface area contributed by atoms with Gasteiger partial charge in [-0.3, -0.25) is 4.79 Å². The molecule has 1 aromatic carbocycles. The molecule has 19 heavy (non-hydrogen) atoms. The molecule has 0 aliphatic rings. The summed E-state index contributed by atoms with van der Waals surface area (Å²) in [5, 5.41) is 9.62. The van der Waals surface area contributed by atoms with E-state index in [1.165, 1.54) is 0 Å². The van der Waals surface area contributed by atoms with Crippen LogP contribution < -0.4 is 5.73 Å². The molecule has 4 nitrogen and oxygen atoms in total. The average Bonchev–Trinajstić information content (AvgIpc) is 2.40. The maximum atomic E-state index is 11.7. The number of nitrogens with two attached hydrogens (primary N) is 1. The number of carboxylic acid groups (broad SMARTS) is 1. The molecule has 1 rings (SSSR count). The van der Waals surface area contributed by atoms with Crippen molar-refractivity contribution in [2.45, 2.75) is 32.1 Å². The molecule has 0 fully saturated rings. The topological polar surface area (TPSA) is 72.5 Å². The van der Waals surface area contributed by atoms with Crippen LogP contribution in [-0.4, -0.2) is 30.8 Å². The van der Waals surface area contributed by atoms with Gasteiger partial charge in [-0.05, 0) is 30.9 Å². The zero-order valence-corrected chi connectivity index (χ0v) is 11.7. The number of carboxylic acids is 1. The van der Waals surface area contributed by atoms with Gasteiger partial charge in [-0.1, -0.05) is 31.2 Å². The first-order valence-electron chi connectivity index (χ1n) is 6.65. The van der Waals surface area contributed by atoms with Crippen molar-refractivity contribution >= 4 is 5.97 Å². The molecule has 1 unspecified atom stereocenters. The molecular formula is C15H23NO3. The Morgan fingerprint density at radius 3 is 2.58 bits per heavy atom. The number of carbonyl (C=O) groups is 1. The zero-order chi connectivity index (χ0) is 14.3. The smallest absolute Gasteiger partial charge is 0.315 e. The molecular weight excluding hydrogens is 242 g/mol. The monoisotopic (exact) mass is 265 g/mol. The van der Waals surface area contributed by atoms with Crippen LogP contribution in [-0.2, 0) is 14.9 Å². The van der Waals surface area contributed by atoms with Crippen LogP contribution in [0.4, 0.5) is 0 Å². The molecule has 0 aliphatic heterocycles. The van der Waals surface area contributed by atoms with Crippen LogP contribution in [0, 0.1) is 6.92 Å². The van der Waals surface area contributed by atoms with Gasteiger partial charge in [0.15, 0.2) is 0 Å². The number of hydrogen-bond acceptors (Lipinski definition) is 3. The normalized spacial score (nSPS) is 14.1. The third kappa shape index (κ3) is 3.55. The fourth-order valence-electron chi connectivity index (χ4n) is 2.26. The molecule has 0 saturated carbocycles. The first-order valence-corrected chi connectivity index (χ1v) is 6.65. The van der Waals surface area contributed by atoms with Crippen LogP contribution in [0.2, 0.25) is 0 Å². The van der Waals surface area contributed by atoms with Crippen LogP contribution in [0.25, 0.3) is 0 Å². The highest BCUT2D eigenvalue weighted by atomic mass is 16.5. The second-order valence-corrected chi connectivity index (χ2v) is 4.77. The van der Waals surface area contributed by atoms with E-state index in [9.17, 15) is 9.90 Å². The lowest BCUT2D eigenvalue weighted by atomic mass is 9.76. The fraction of sp³-hybridized carbons (Fsp3) is 0.533. The lowest BCUT2D eigenvalue weighted by Crippen LogP contribution is -2.44. The van der Waals surface area contributed by atoms with Gasteiger partial charge >= 0.3 is 5.97 Å². The highest BCUT2D eigenvalue weighted by molar-refractivity contribution is 5.82. The van der Waals surface area contributed by atoms with E-state index in [0.29, 0.717) is 19.6 Å². The predicted octanol–water partition coefficient (Wildman–Crippen LogP) is 2.09. The molecule has 0 bridgehead atoms. The van der Waals surface area contributed by atoms with Crippen molar-refractivity contribution in [1.29, 1.82) is 0 Å². The van der Waals surface area contributed by atoms with Crippen molar-refractivity contribution in [1.82, 2.24) is 0 Å². The molecule has 1 atom stereocenters. The lowest BCUT2D eigenvalue weighted by molar-refractivity contribution is -0.144. The van der Waals surface area contributed by atoms with E-state index >= 15 is 0 Å². The van der Waals surface area contributed by atoms with E-state index in [2.05, 4.69) is 0 Å². The minimum absolute atomic E-state index is 0.0721. The van der Waals surface area contributed by atoms with Crippen molar-refractivity contribution in [3.8, 4) is 0 Å². The summed E-state index contributed by atoms with van der Waals surface area (Å²) in [5.74, 6) is -0.885. The highest BCUT2D eigenvalue weighted by Crippen LogP contribution is 2.30. The Balaban J connectivity index is 2.99. The molecule has 1 aromatic rings. The van der Waals surface area contributed by atoms with E-state index in [-0.39, 0.29) is 6.54 Å². The minimum atomic E-state index is -1.06. The van der Waals surface area contributed by atoms with Gasteiger partial charge in [0, 0.05) is 19.8 Å². The van der Waals surface area contributed by atoms with Crippen molar-refractivity contribution in [2.24, 2.45) is 5.73 Å². The number of aliphatic carboxylic acids is 1. The maximum absolute atomic E-state index is 11.7. The van der Waals surface area contributed by atoms with Crippen molar-refractivity contribution in [3.63, 3.8) is 0 Å². The second kappa shape index (κ2) is 7.26. The summed E-state index contributed by atoms with van der Waals surface area (Å²) in [6.07, 6.45) is 1.32. The molecule has 3 N–H and O–H groups in total. The molecule has 106 valence electrons. The largest absolute Gasteiger partial charge is 0.481 e. The third-order valence-corrected chi connectivity index (χ3v) is 3.44. The van der Waals surface area contributed by atoms with Crippen LogP contribution in [0.1, 0.15) is 30.9 Å². The number of hydrogen-bond donors (Lipinski definition) is 2. The predicted molar refractivity (Wildman–Crippen MR) is 75.3 cm³/mol. The first-order chi connectivity index (χ1) is 9.08. The molecule has 4 heteroatoms. The molecule has 0 saturated heterocycles. The van der Waals surface area contributed by atoms with E-state index in [0.717, 1.165) is 17.5 Å². The van der Waals surface area contributed by atoms with Gasteiger partial charge in [0.1, 0.15) is 5.41 Å². The van der Waals surface area contributed by atoms with E-state index in [1.54, 1.807) is 0 Å². The standard InChI is InChI=1S/C15H23NO3/c1-3-9-19-10-8-15(11-16,14(17)18)13-7-5-4-6-12(13)2/h4-7H,3,8-11,16H2,1-2H3,(H,17,18). The maximum Gasteiger partial charge on any atom is 0.315 e. The van der Waals surface area contributed by atoms with Crippen LogP contribution in [0.3, 0.4) is 0 Å². The Labute approximate surface area is 114 Å². The zero-order valence-electron chi connectivity index (χ0n) is 11.7. The molecule has 0 aromatic heterocycles. The molecule has 0 amide bonds. The summed E-state index contributed by atoms with van der Waals surface area (Å²) in [6.45, 7) is 5.06. The summed E-state index contributed by atoms with van der Waals surface area (Å²) in [5.41, 5.74) is 6.46. The summed E-state index contributed by atoms with van der Waals surface area (Å²) in [6, 6.07) is 7.50. The Morgan fingerprint density at radius 2 is 2.05 bits per heavy atom. The second-order valence-electron chi connectivity index (χ2n) is 4.77. The van der Waals surface area contributed by atoms with Crippen LogP contribution in [0.15, 0.2) is 24.3 Å². The van der Waals surface area contributed by atoms with Crippen LogP contribution in [0.5, 0.6) is 0 Å². The van der Waals surface area contributed by atoms with Gasteiger partial charge in [-0.25, -0.2) is 0 Å².